The van der Waals surface area contributed by atoms with E-state index in [4.69, 9.17) is 0 Å². The second-order valence-electron chi connectivity index (χ2n) is 4.99. The number of hydrogen-bond donors (Lipinski definition) is 1. The minimum atomic E-state index is -5.02. The highest BCUT2D eigenvalue weighted by atomic mass is 79.9. The first kappa shape index (κ1) is 18.6. The third kappa shape index (κ3) is 4.05. The number of alkyl halides is 3. The summed E-state index contributed by atoms with van der Waals surface area (Å²) in [6, 6.07) is 5.21. The van der Waals surface area contributed by atoms with E-state index in [2.05, 4.69) is 21.2 Å². The van der Waals surface area contributed by atoms with Gasteiger partial charge < -0.3 is 5.32 Å². The molecule has 132 valence electrons. The molecule has 0 spiro atoms. The van der Waals surface area contributed by atoms with E-state index in [1.165, 1.54) is 12.1 Å². The third-order valence-electron chi connectivity index (χ3n) is 3.24. The van der Waals surface area contributed by atoms with Crippen molar-refractivity contribution < 1.29 is 23.0 Å². The highest BCUT2D eigenvalue weighted by Crippen LogP contribution is 2.43. The van der Waals surface area contributed by atoms with E-state index in [0.29, 0.717) is 16.1 Å². The fraction of sp³-hybridized carbons (Fsp3) is 0.143. The number of nitro benzene ring substituents is 2. The number of anilines is 2. The molecule has 0 heterocycles. The molecule has 0 amide bonds. The Kier molecular flexibility index (Phi) is 4.97. The van der Waals surface area contributed by atoms with Crippen molar-refractivity contribution in [3.63, 3.8) is 0 Å². The Hall–Kier alpha value is -2.69. The number of aryl methyl sites for hydroxylation is 1. The zero-order valence-electron chi connectivity index (χ0n) is 12.4. The number of halogens is 4. The Morgan fingerprint density at radius 1 is 1.08 bits per heavy atom. The molecule has 0 atom stereocenters. The van der Waals surface area contributed by atoms with Gasteiger partial charge in [0.05, 0.1) is 21.5 Å². The fourth-order valence-electron chi connectivity index (χ4n) is 2.08. The van der Waals surface area contributed by atoms with Crippen molar-refractivity contribution in [2.75, 3.05) is 5.32 Å². The predicted octanol–water partition coefficient (Wildman–Crippen LogP) is 5.34. The van der Waals surface area contributed by atoms with E-state index < -0.39 is 38.6 Å². The molecule has 2 aromatic carbocycles. The van der Waals surface area contributed by atoms with Crippen LogP contribution < -0.4 is 5.32 Å². The van der Waals surface area contributed by atoms with Gasteiger partial charge in [0.1, 0.15) is 5.69 Å². The van der Waals surface area contributed by atoms with E-state index in [9.17, 15) is 33.4 Å². The van der Waals surface area contributed by atoms with Crippen LogP contribution in [0, 0.1) is 27.2 Å². The highest BCUT2D eigenvalue weighted by Gasteiger charge is 2.39. The Morgan fingerprint density at radius 3 is 2.20 bits per heavy atom. The summed E-state index contributed by atoms with van der Waals surface area (Å²) >= 11 is 3.23. The normalized spacial score (nSPS) is 11.2. The van der Waals surface area contributed by atoms with Crippen molar-refractivity contribution in [2.24, 2.45) is 0 Å². The number of benzene rings is 2. The van der Waals surface area contributed by atoms with Crippen LogP contribution in [0.3, 0.4) is 0 Å². The molecule has 0 aliphatic carbocycles. The maximum atomic E-state index is 13.3. The van der Waals surface area contributed by atoms with Crippen LogP contribution in [-0.2, 0) is 6.18 Å². The molecule has 0 bridgehead atoms. The zero-order valence-corrected chi connectivity index (χ0v) is 14.0. The number of nitrogens with zero attached hydrogens (tertiary/aromatic N) is 2. The monoisotopic (exact) mass is 419 g/mol. The second-order valence-corrected chi connectivity index (χ2v) is 5.84. The van der Waals surface area contributed by atoms with Gasteiger partial charge in [0.15, 0.2) is 0 Å². The summed E-state index contributed by atoms with van der Waals surface area (Å²) in [7, 11) is 0. The lowest BCUT2D eigenvalue weighted by atomic mass is 10.1. The number of rotatable bonds is 4. The van der Waals surface area contributed by atoms with Crippen LogP contribution in [0.2, 0.25) is 0 Å². The minimum Gasteiger partial charge on any atom is -0.349 e. The Balaban J connectivity index is 2.70. The molecule has 2 aromatic rings. The lowest BCUT2D eigenvalue weighted by Crippen LogP contribution is -2.12. The summed E-state index contributed by atoms with van der Waals surface area (Å²) in [5, 5.41) is 24.3. The van der Waals surface area contributed by atoms with Gasteiger partial charge in [-0.2, -0.15) is 13.2 Å². The molecule has 0 fully saturated rings. The van der Waals surface area contributed by atoms with E-state index in [1.54, 1.807) is 13.0 Å². The second kappa shape index (κ2) is 6.67. The molecule has 2 rings (SSSR count). The molecule has 0 aliphatic heterocycles. The first-order valence-electron chi connectivity index (χ1n) is 6.58. The molecule has 1 N–H and O–H groups in total. The summed E-state index contributed by atoms with van der Waals surface area (Å²) in [5.41, 5.74) is -3.55. The Labute approximate surface area is 146 Å². The first-order valence-corrected chi connectivity index (χ1v) is 7.37. The van der Waals surface area contributed by atoms with Gasteiger partial charge in [0, 0.05) is 16.2 Å². The van der Waals surface area contributed by atoms with Gasteiger partial charge >= 0.3 is 6.18 Å². The smallest absolute Gasteiger partial charge is 0.349 e. The predicted molar refractivity (Wildman–Crippen MR) is 86.9 cm³/mol. The lowest BCUT2D eigenvalue weighted by Gasteiger charge is -2.15. The van der Waals surface area contributed by atoms with Crippen LogP contribution >= 0.6 is 15.9 Å². The van der Waals surface area contributed by atoms with Crippen molar-refractivity contribution in [3.05, 3.63) is 66.2 Å². The number of non-ortho nitro benzene ring substituents is 1. The molecule has 0 aliphatic rings. The molecule has 0 aromatic heterocycles. The van der Waals surface area contributed by atoms with Crippen LogP contribution in [-0.4, -0.2) is 9.85 Å². The molecule has 0 saturated heterocycles. The molecule has 0 radical (unpaired) electrons. The molecule has 25 heavy (non-hydrogen) atoms. The molecule has 0 saturated carbocycles. The van der Waals surface area contributed by atoms with E-state index >= 15 is 0 Å². The van der Waals surface area contributed by atoms with Gasteiger partial charge in [-0.3, -0.25) is 20.2 Å². The van der Waals surface area contributed by atoms with Gasteiger partial charge in [-0.25, -0.2) is 0 Å². The van der Waals surface area contributed by atoms with Gasteiger partial charge in [-0.15, -0.1) is 0 Å². The highest BCUT2D eigenvalue weighted by molar-refractivity contribution is 9.10. The number of nitrogens with one attached hydrogen (secondary N) is 1. The van der Waals surface area contributed by atoms with E-state index in [1.807, 2.05) is 0 Å². The molecule has 0 unspecified atom stereocenters. The molecular formula is C14H9BrF3N3O4. The number of nitro groups is 2. The SMILES string of the molecule is Cc1cc(Nc2c([N+](=O)[O-])cc([N+](=O)[O-])cc2C(F)(F)F)ccc1Br. The Morgan fingerprint density at radius 2 is 1.72 bits per heavy atom. The van der Waals surface area contributed by atoms with Crippen molar-refractivity contribution in [2.45, 2.75) is 13.1 Å². The van der Waals surface area contributed by atoms with E-state index in [-0.39, 0.29) is 11.8 Å². The fourth-order valence-corrected chi connectivity index (χ4v) is 2.33. The summed E-state index contributed by atoms with van der Waals surface area (Å²) in [6.45, 7) is 1.68. The van der Waals surface area contributed by atoms with Crippen molar-refractivity contribution in [1.29, 1.82) is 0 Å². The molecule has 7 nitrogen and oxygen atoms in total. The minimum absolute atomic E-state index is 0.170. The summed E-state index contributed by atoms with van der Waals surface area (Å²) < 4.78 is 40.6. The van der Waals surface area contributed by atoms with Crippen LogP contribution in [0.4, 0.5) is 35.9 Å². The summed E-state index contributed by atoms with van der Waals surface area (Å²) in [4.78, 5) is 19.7. The quantitative estimate of drug-likeness (QED) is 0.532. The standard InChI is InChI=1S/C14H9BrF3N3O4/c1-7-4-8(2-3-11(7)15)19-13-10(14(16,17)18)5-9(20(22)23)6-12(13)21(24)25/h2-6,19H,1H3. The zero-order chi connectivity index (χ0) is 18.9. The molecule has 11 heteroatoms. The van der Waals surface area contributed by atoms with Crippen molar-refractivity contribution >= 4 is 38.7 Å². The average molecular weight is 420 g/mol. The lowest BCUT2D eigenvalue weighted by molar-refractivity contribution is -0.394. The van der Waals surface area contributed by atoms with Gasteiger partial charge in [0.25, 0.3) is 11.4 Å². The van der Waals surface area contributed by atoms with Crippen LogP contribution in [0.25, 0.3) is 0 Å². The summed E-state index contributed by atoms with van der Waals surface area (Å²) in [5.74, 6) is 0. The topological polar surface area (TPSA) is 98.3 Å². The van der Waals surface area contributed by atoms with Crippen molar-refractivity contribution in [1.82, 2.24) is 0 Å². The molecular weight excluding hydrogens is 411 g/mol. The maximum absolute atomic E-state index is 13.3. The summed E-state index contributed by atoms with van der Waals surface area (Å²) in [6.07, 6.45) is -5.02. The van der Waals surface area contributed by atoms with Gasteiger partial charge in [0.2, 0.25) is 0 Å². The largest absolute Gasteiger partial charge is 0.418 e. The van der Waals surface area contributed by atoms with Gasteiger partial charge in [-0.1, -0.05) is 15.9 Å². The van der Waals surface area contributed by atoms with Crippen molar-refractivity contribution in [3.8, 4) is 0 Å². The van der Waals surface area contributed by atoms with E-state index in [0.717, 1.165) is 0 Å². The van der Waals surface area contributed by atoms with Crippen LogP contribution in [0.1, 0.15) is 11.1 Å². The third-order valence-corrected chi connectivity index (χ3v) is 4.13. The number of hydrogen-bond acceptors (Lipinski definition) is 5. The van der Waals surface area contributed by atoms with Crippen LogP contribution in [0.5, 0.6) is 0 Å². The van der Waals surface area contributed by atoms with Gasteiger partial charge in [-0.05, 0) is 30.7 Å². The van der Waals surface area contributed by atoms with Crippen LogP contribution in [0.15, 0.2) is 34.8 Å². The maximum Gasteiger partial charge on any atom is 0.418 e. The Bertz CT molecular complexity index is 871. The average Bonchev–Trinajstić information content (AvgIpc) is 2.49. The first-order chi connectivity index (χ1) is 11.5.